The number of carbonyl (C=O) groups excluding carboxylic acids is 2. The molecule has 0 N–H and O–H groups in total. The molecule has 2 amide bonds. The van der Waals surface area contributed by atoms with Crippen molar-refractivity contribution >= 4 is 23.2 Å². The van der Waals surface area contributed by atoms with Gasteiger partial charge in [0, 0.05) is 0 Å². The average molecular weight is 352 g/mol. The van der Waals surface area contributed by atoms with Crippen molar-refractivity contribution in [3.05, 3.63) is 59.4 Å². The third-order valence-electron chi connectivity index (χ3n) is 4.80. The molecule has 0 bridgehead atoms. The normalized spacial score (nSPS) is 21.7. The summed E-state index contributed by atoms with van der Waals surface area (Å²) in [5, 5.41) is 9.23. The zero-order valence-electron chi connectivity index (χ0n) is 14.4. The van der Waals surface area contributed by atoms with E-state index in [0.717, 1.165) is 16.9 Å². The van der Waals surface area contributed by atoms with Crippen LogP contribution in [0.3, 0.4) is 0 Å². The largest absolute Gasteiger partial charge is 0.271 e. The lowest BCUT2D eigenvalue weighted by Crippen LogP contribution is -2.40. The molecule has 0 radical (unpaired) electrons. The number of hydrogen-bond donors (Lipinski definition) is 0. The number of imide groups is 1. The highest BCUT2D eigenvalue weighted by atomic mass is 19.1. The molecule has 0 spiro atoms. The Morgan fingerprint density at radius 2 is 1.73 bits per heavy atom. The van der Waals surface area contributed by atoms with E-state index in [1.165, 1.54) is 11.1 Å². The van der Waals surface area contributed by atoms with Gasteiger partial charge in [0.05, 0.1) is 11.4 Å². The Bertz CT molecular complexity index is 926. The number of nitrogens with zero attached hydrogens (tertiary/aromatic N) is 4. The summed E-state index contributed by atoms with van der Waals surface area (Å²) < 4.78 is 13.9. The standard InChI is InChI=1S/C19H17FN4O2/c1-3-12-5-8-13(9-6-12)23-18(25)16-17(19(23)26)24(22-21-16)14-7-4-11(2)15(20)10-14/h4-10,16-17H,3H2,1-2H3/t16-,17-/m0/s1. The second-order valence-corrected chi connectivity index (χ2v) is 6.40. The minimum atomic E-state index is -0.905. The van der Waals surface area contributed by atoms with Gasteiger partial charge in [-0.15, -0.1) is 0 Å². The molecule has 1 saturated heterocycles. The van der Waals surface area contributed by atoms with Crippen LogP contribution in [0, 0.1) is 12.7 Å². The second-order valence-electron chi connectivity index (χ2n) is 6.40. The number of halogens is 1. The van der Waals surface area contributed by atoms with Crippen LogP contribution in [-0.4, -0.2) is 23.9 Å². The van der Waals surface area contributed by atoms with Crippen LogP contribution < -0.4 is 9.91 Å². The molecule has 2 atom stereocenters. The molecule has 0 unspecified atom stereocenters. The number of aryl methyl sites for hydroxylation is 2. The van der Waals surface area contributed by atoms with E-state index in [0.29, 0.717) is 16.9 Å². The first-order valence-corrected chi connectivity index (χ1v) is 8.44. The number of amides is 2. The van der Waals surface area contributed by atoms with Crippen molar-refractivity contribution in [3.8, 4) is 0 Å². The van der Waals surface area contributed by atoms with Gasteiger partial charge in [-0.05, 0) is 48.7 Å². The SMILES string of the molecule is CCc1ccc(N2C(=O)[C@H]3N=NN(c4ccc(C)c(F)c4)[C@@H]3C2=O)cc1. The van der Waals surface area contributed by atoms with Crippen LogP contribution in [0.5, 0.6) is 0 Å². The quantitative estimate of drug-likeness (QED) is 0.797. The number of carbonyl (C=O) groups is 2. The third kappa shape index (κ3) is 2.39. The van der Waals surface area contributed by atoms with E-state index < -0.39 is 29.7 Å². The zero-order valence-corrected chi connectivity index (χ0v) is 14.4. The highest BCUT2D eigenvalue weighted by Gasteiger charge is 2.55. The smallest absolute Gasteiger partial charge is 0.263 e. The Kier molecular flexibility index (Phi) is 3.79. The Morgan fingerprint density at radius 1 is 1.04 bits per heavy atom. The lowest BCUT2D eigenvalue weighted by molar-refractivity contribution is -0.121. The Hall–Kier alpha value is -3.09. The summed E-state index contributed by atoms with van der Waals surface area (Å²) in [4.78, 5) is 26.8. The van der Waals surface area contributed by atoms with E-state index in [-0.39, 0.29) is 0 Å². The lowest BCUT2D eigenvalue weighted by Gasteiger charge is -2.21. The van der Waals surface area contributed by atoms with Crippen molar-refractivity contribution < 1.29 is 14.0 Å². The van der Waals surface area contributed by atoms with Crippen LogP contribution in [0.25, 0.3) is 0 Å². The molecule has 26 heavy (non-hydrogen) atoms. The van der Waals surface area contributed by atoms with Gasteiger partial charge in [0.25, 0.3) is 11.8 Å². The number of rotatable bonds is 3. The van der Waals surface area contributed by atoms with Crippen LogP contribution in [0.1, 0.15) is 18.1 Å². The average Bonchev–Trinajstić information content (AvgIpc) is 3.18. The van der Waals surface area contributed by atoms with Gasteiger partial charge in [0.15, 0.2) is 12.1 Å². The van der Waals surface area contributed by atoms with Gasteiger partial charge in [-0.1, -0.05) is 30.3 Å². The molecule has 2 aliphatic heterocycles. The summed E-state index contributed by atoms with van der Waals surface area (Å²) in [6, 6.07) is 10.1. The van der Waals surface area contributed by atoms with E-state index >= 15 is 0 Å². The summed E-state index contributed by atoms with van der Waals surface area (Å²) >= 11 is 0. The summed E-state index contributed by atoms with van der Waals surface area (Å²) in [6.07, 6.45) is 0.869. The fourth-order valence-corrected chi connectivity index (χ4v) is 3.23. The predicted molar refractivity (Wildman–Crippen MR) is 94.4 cm³/mol. The van der Waals surface area contributed by atoms with Crippen LogP contribution in [-0.2, 0) is 16.0 Å². The molecule has 0 saturated carbocycles. The van der Waals surface area contributed by atoms with Crippen molar-refractivity contribution in [1.29, 1.82) is 0 Å². The highest BCUT2D eigenvalue weighted by molar-refractivity contribution is 6.26. The number of hydrogen-bond acceptors (Lipinski definition) is 5. The Balaban J connectivity index is 1.67. The van der Waals surface area contributed by atoms with E-state index in [1.54, 1.807) is 31.2 Å². The number of benzene rings is 2. The van der Waals surface area contributed by atoms with Crippen LogP contribution in [0.4, 0.5) is 15.8 Å². The van der Waals surface area contributed by atoms with Gasteiger partial charge >= 0.3 is 0 Å². The molecule has 4 rings (SSSR count). The Morgan fingerprint density at radius 3 is 2.38 bits per heavy atom. The zero-order chi connectivity index (χ0) is 18.4. The second kappa shape index (κ2) is 6.01. The summed E-state index contributed by atoms with van der Waals surface area (Å²) in [6.45, 7) is 3.68. The molecule has 6 nitrogen and oxygen atoms in total. The minimum Gasteiger partial charge on any atom is -0.271 e. The van der Waals surface area contributed by atoms with Gasteiger partial charge < -0.3 is 0 Å². The minimum absolute atomic E-state index is 0.397. The lowest BCUT2D eigenvalue weighted by atomic mass is 10.1. The van der Waals surface area contributed by atoms with E-state index in [4.69, 9.17) is 0 Å². The fourth-order valence-electron chi connectivity index (χ4n) is 3.23. The molecule has 132 valence electrons. The molecular formula is C19H17FN4O2. The topological polar surface area (TPSA) is 65.3 Å². The third-order valence-corrected chi connectivity index (χ3v) is 4.80. The molecular weight excluding hydrogens is 335 g/mol. The maximum atomic E-state index is 13.9. The first-order chi connectivity index (χ1) is 12.5. The number of anilines is 2. The van der Waals surface area contributed by atoms with E-state index in [2.05, 4.69) is 10.3 Å². The molecule has 2 aliphatic rings. The molecule has 0 aliphatic carbocycles. The van der Waals surface area contributed by atoms with Gasteiger partial charge in [-0.3, -0.25) is 9.59 Å². The van der Waals surface area contributed by atoms with Crippen molar-refractivity contribution in [2.45, 2.75) is 32.4 Å². The van der Waals surface area contributed by atoms with Gasteiger partial charge in [0.1, 0.15) is 5.82 Å². The van der Waals surface area contributed by atoms with E-state index in [9.17, 15) is 14.0 Å². The van der Waals surface area contributed by atoms with Crippen molar-refractivity contribution in [1.82, 2.24) is 0 Å². The highest BCUT2D eigenvalue weighted by Crippen LogP contribution is 2.35. The van der Waals surface area contributed by atoms with Gasteiger partial charge in [-0.2, -0.15) is 5.11 Å². The van der Waals surface area contributed by atoms with Crippen molar-refractivity contribution in [2.75, 3.05) is 9.91 Å². The van der Waals surface area contributed by atoms with Gasteiger partial charge in [0.2, 0.25) is 0 Å². The summed E-state index contributed by atoms with van der Waals surface area (Å²) in [5.41, 5.74) is 2.52. The molecule has 0 aromatic heterocycles. The maximum Gasteiger partial charge on any atom is 0.263 e. The van der Waals surface area contributed by atoms with Crippen LogP contribution in [0.2, 0.25) is 0 Å². The van der Waals surface area contributed by atoms with Crippen LogP contribution >= 0.6 is 0 Å². The summed E-state index contributed by atoms with van der Waals surface area (Å²) in [5.74, 6) is -1.22. The molecule has 2 heterocycles. The van der Waals surface area contributed by atoms with Crippen LogP contribution in [0.15, 0.2) is 52.8 Å². The molecule has 2 aromatic carbocycles. The monoisotopic (exact) mass is 352 g/mol. The van der Waals surface area contributed by atoms with Gasteiger partial charge in [-0.25, -0.2) is 14.3 Å². The number of fused-ring (bicyclic) bond motifs is 1. The molecule has 7 heteroatoms. The first-order valence-electron chi connectivity index (χ1n) is 8.44. The van der Waals surface area contributed by atoms with Crippen molar-refractivity contribution in [2.24, 2.45) is 10.3 Å². The molecule has 2 aromatic rings. The first kappa shape index (κ1) is 16.4. The van der Waals surface area contributed by atoms with Crippen molar-refractivity contribution in [3.63, 3.8) is 0 Å². The fraction of sp³-hybridized carbons (Fsp3) is 0.263. The predicted octanol–water partition coefficient (Wildman–Crippen LogP) is 3.19. The van der Waals surface area contributed by atoms with E-state index in [1.807, 2.05) is 19.1 Å². The summed E-state index contributed by atoms with van der Waals surface area (Å²) in [7, 11) is 0. The molecule has 1 fully saturated rings. The Labute approximate surface area is 149 Å². The maximum absolute atomic E-state index is 13.9.